The number of alkyl halides is 1. The number of rotatable bonds is 3. The molecule has 0 bridgehead atoms. The molecule has 0 amide bonds. The summed E-state index contributed by atoms with van der Waals surface area (Å²) in [6, 6.07) is 0.595. The smallest absolute Gasteiger partial charge is 0.136 e. The molecule has 4 heteroatoms. The first-order valence-electron chi connectivity index (χ1n) is 6.73. The van der Waals surface area contributed by atoms with Crippen molar-refractivity contribution in [3.05, 3.63) is 17.6 Å². The number of anilines is 1. The van der Waals surface area contributed by atoms with Crippen LogP contribution >= 0.6 is 11.6 Å². The lowest BCUT2D eigenvalue weighted by atomic mass is 9.86. The van der Waals surface area contributed by atoms with E-state index < -0.39 is 0 Å². The van der Waals surface area contributed by atoms with E-state index in [1.54, 1.807) is 0 Å². The van der Waals surface area contributed by atoms with Crippen molar-refractivity contribution in [3.63, 3.8) is 0 Å². The summed E-state index contributed by atoms with van der Waals surface area (Å²) in [5.41, 5.74) is 1.03. The molecule has 0 unspecified atom stereocenters. The molecule has 18 heavy (non-hydrogen) atoms. The molecule has 0 radical (unpaired) electrons. The van der Waals surface area contributed by atoms with E-state index in [0.717, 1.165) is 23.1 Å². The van der Waals surface area contributed by atoms with Gasteiger partial charge in [0.1, 0.15) is 11.6 Å². The third-order valence-electron chi connectivity index (χ3n) is 3.97. The number of halogens is 1. The van der Waals surface area contributed by atoms with E-state index in [-0.39, 0.29) is 0 Å². The van der Waals surface area contributed by atoms with Crippen molar-refractivity contribution in [1.29, 1.82) is 0 Å². The first-order valence-corrected chi connectivity index (χ1v) is 7.26. The van der Waals surface area contributed by atoms with Gasteiger partial charge in [0, 0.05) is 24.8 Å². The van der Waals surface area contributed by atoms with E-state index in [1.807, 2.05) is 13.1 Å². The highest BCUT2D eigenvalue weighted by Crippen LogP contribution is 2.30. The van der Waals surface area contributed by atoms with E-state index in [2.05, 4.69) is 28.8 Å². The SMILES string of the molecule is Cc1ncc(CCl)c(N(C)C2CCC(C)CC2)n1. The van der Waals surface area contributed by atoms with Crippen LogP contribution in [0.25, 0.3) is 0 Å². The average molecular weight is 268 g/mol. The molecule has 1 aromatic heterocycles. The summed E-state index contributed by atoms with van der Waals surface area (Å²) < 4.78 is 0. The minimum Gasteiger partial charge on any atom is -0.356 e. The molecule has 0 aromatic carbocycles. The Bertz CT molecular complexity index is 400. The van der Waals surface area contributed by atoms with Crippen LogP contribution in [0.15, 0.2) is 6.20 Å². The summed E-state index contributed by atoms with van der Waals surface area (Å²) in [5.74, 6) is 3.17. The topological polar surface area (TPSA) is 29.0 Å². The highest BCUT2D eigenvalue weighted by molar-refractivity contribution is 6.17. The van der Waals surface area contributed by atoms with Crippen LogP contribution in [0.3, 0.4) is 0 Å². The van der Waals surface area contributed by atoms with Gasteiger partial charge in [0.25, 0.3) is 0 Å². The second-order valence-electron chi connectivity index (χ2n) is 5.42. The van der Waals surface area contributed by atoms with Crippen LogP contribution in [0.5, 0.6) is 0 Å². The number of hydrogen-bond acceptors (Lipinski definition) is 3. The van der Waals surface area contributed by atoms with Crippen molar-refractivity contribution in [1.82, 2.24) is 9.97 Å². The Labute approximate surface area is 115 Å². The van der Waals surface area contributed by atoms with Crippen LogP contribution in [0, 0.1) is 12.8 Å². The molecular formula is C14H22ClN3. The van der Waals surface area contributed by atoms with Crippen molar-refractivity contribution in [2.24, 2.45) is 5.92 Å². The zero-order valence-corrected chi connectivity index (χ0v) is 12.2. The van der Waals surface area contributed by atoms with E-state index in [1.165, 1.54) is 25.7 Å². The second kappa shape index (κ2) is 5.87. The van der Waals surface area contributed by atoms with E-state index in [0.29, 0.717) is 11.9 Å². The fourth-order valence-corrected chi connectivity index (χ4v) is 2.87. The van der Waals surface area contributed by atoms with Crippen LogP contribution in [0.4, 0.5) is 5.82 Å². The summed E-state index contributed by atoms with van der Waals surface area (Å²) in [6.45, 7) is 4.27. The fraction of sp³-hybridized carbons (Fsp3) is 0.714. The van der Waals surface area contributed by atoms with Gasteiger partial charge in [0.05, 0.1) is 5.88 Å². The highest BCUT2D eigenvalue weighted by atomic mass is 35.5. The van der Waals surface area contributed by atoms with E-state index in [4.69, 9.17) is 11.6 Å². The molecule has 1 aromatic rings. The number of hydrogen-bond donors (Lipinski definition) is 0. The molecular weight excluding hydrogens is 246 g/mol. The maximum absolute atomic E-state index is 5.98. The van der Waals surface area contributed by atoms with Gasteiger partial charge in [0.15, 0.2) is 0 Å². The maximum atomic E-state index is 5.98. The zero-order valence-electron chi connectivity index (χ0n) is 11.5. The van der Waals surface area contributed by atoms with Crippen LogP contribution < -0.4 is 4.90 Å². The van der Waals surface area contributed by atoms with Gasteiger partial charge in [-0.1, -0.05) is 6.92 Å². The molecule has 0 N–H and O–H groups in total. The van der Waals surface area contributed by atoms with Crippen molar-refractivity contribution >= 4 is 17.4 Å². The van der Waals surface area contributed by atoms with Crippen molar-refractivity contribution in [3.8, 4) is 0 Å². The Kier molecular flexibility index (Phi) is 4.44. The number of aryl methyl sites for hydroxylation is 1. The molecule has 1 aliphatic carbocycles. The Balaban J connectivity index is 2.17. The molecule has 1 saturated carbocycles. The van der Waals surface area contributed by atoms with Crippen LogP contribution in [-0.2, 0) is 5.88 Å². The standard InChI is InChI=1S/C14H22ClN3/c1-10-4-6-13(7-5-10)18(3)14-12(8-15)9-16-11(2)17-14/h9-10,13H,4-8H2,1-3H3. The summed E-state index contributed by atoms with van der Waals surface area (Å²) in [4.78, 5) is 11.1. The maximum Gasteiger partial charge on any atom is 0.136 e. The molecule has 1 heterocycles. The van der Waals surface area contributed by atoms with Gasteiger partial charge in [-0.05, 0) is 38.5 Å². The van der Waals surface area contributed by atoms with Gasteiger partial charge in [-0.3, -0.25) is 0 Å². The summed E-state index contributed by atoms with van der Waals surface area (Å²) in [5, 5.41) is 0. The lowest BCUT2D eigenvalue weighted by Gasteiger charge is -2.35. The lowest BCUT2D eigenvalue weighted by molar-refractivity contribution is 0.339. The van der Waals surface area contributed by atoms with E-state index in [9.17, 15) is 0 Å². The lowest BCUT2D eigenvalue weighted by Crippen LogP contribution is -2.36. The normalized spacial score (nSPS) is 24.0. The highest BCUT2D eigenvalue weighted by Gasteiger charge is 2.24. The fourth-order valence-electron chi connectivity index (χ4n) is 2.69. The summed E-state index contributed by atoms with van der Waals surface area (Å²) in [7, 11) is 2.14. The van der Waals surface area contributed by atoms with Crippen LogP contribution in [-0.4, -0.2) is 23.1 Å². The minimum absolute atomic E-state index is 0.475. The van der Waals surface area contributed by atoms with Crippen molar-refractivity contribution < 1.29 is 0 Å². The molecule has 0 spiro atoms. The van der Waals surface area contributed by atoms with Gasteiger partial charge >= 0.3 is 0 Å². The van der Waals surface area contributed by atoms with Crippen molar-refractivity contribution in [2.45, 2.75) is 51.5 Å². The molecule has 1 aliphatic rings. The molecule has 0 saturated heterocycles. The molecule has 0 atom stereocenters. The largest absolute Gasteiger partial charge is 0.356 e. The monoisotopic (exact) mass is 267 g/mol. The summed E-state index contributed by atoms with van der Waals surface area (Å²) in [6.07, 6.45) is 6.99. The third-order valence-corrected chi connectivity index (χ3v) is 4.26. The Morgan fingerprint density at radius 1 is 1.33 bits per heavy atom. The van der Waals surface area contributed by atoms with E-state index >= 15 is 0 Å². The Morgan fingerprint density at radius 2 is 2.00 bits per heavy atom. The molecule has 3 nitrogen and oxygen atoms in total. The summed E-state index contributed by atoms with van der Waals surface area (Å²) >= 11 is 5.98. The Morgan fingerprint density at radius 3 is 2.61 bits per heavy atom. The second-order valence-corrected chi connectivity index (χ2v) is 5.69. The molecule has 0 aliphatic heterocycles. The first kappa shape index (κ1) is 13.6. The Hall–Kier alpha value is -0.830. The number of aromatic nitrogens is 2. The average Bonchev–Trinajstić information content (AvgIpc) is 2.39. The van der Waals surface area contributed by atoms with Crippen LogP contribution in [0.1, 0.15) is 44.0 Å². The third kappa shape index (κ3) is 2.94. The predicted molar refractivity (Wildman–Crippen MR) is 76.1 cm³/mol. The minimum atomic E-state index is 0.475. The molecule has 1 fully saturated rings. The van der Waals surface area contributed by atoms with Gasteiger partial charge in [-0.2, -0.15) is 0 Å². The number of nitrogens with zero attached hydrogens (tertiary/aromatic N) is 3. The molecule has 2 rings (SSSR count). The molecule has 100 valence electrons. The first-order chi connectivity index (χ1) is 8.61. The zero-order chi connectivity index (χ0) is 13.1. The van der Waals surface area contributed by atoms with Gasteiger partial charge in [0.2, 0.25) is 0 Å². The van der Waals surface area contributed by atoms with Gasteiger partial charge in [-0.15, -0.1) is 11.6 Å². The van der Waals surface area contributed by atoms with Crippen molar-refractivity contribution in [2.75, 3.05) is 11.9 Å². The predicted octanol–water partition coefficient (Wildman–Crippen LogP) is 3.54. The van der Waals surface area contributed by atoms with Gasteiger partial charge in [-0.25, -0.2) is 9.97 Å². The van der Waals surface area contributed by atoms with Crippen LogP contribution in [0.2, 0.25) is 0 Å². The van der Waals surface area contributed by atoms with Gasteiger partial charge < -0.3 is 4.90 Å². The quantitative estimate of drug-likeness (QED) is 0.785.